The van der Waals surface area contributed by atoms with Gasteiger partial charge in [0, 0.05) is 35.3 Å². The highest BCUT2D eigenvalue weighted by Gasteiger charge is 2.70. The molecule has 4 aromatic rings. The summed E-state index contributed by atoms with van der Waals surface area (Å²) in [6.07, 6.45) is 5.33. The topological polar surface area (TPSA) is 123 Å². The Morgan fingerprint density at radius 1 is 0.902 bits per heavy atom. The predicted octanol–water partition coefficient (Wildman–Crippen LogP) is 4.85. The molecule has 1 amide bonds. The van der Waals surface area contributed by atoms with Gasteiger partial charge >= 0.3 is 0 Å². The van der Waals surface area contributed by atoms with Crippen LogP contribution in [0, 0.1) is 16.0 Å². The molecule has 9 nitrogen and oxygen atoms in total. The number of nitro groups is 1. The third kappa shape index (κ3) is 3.42. The molecule has 4 atom stereocenters. The zero-order chi connectivity index (χ0) is 28.3. The van der Waals surface area contributed by atoms with Gasteiger partial charge in [0.25, 0.3) is 5.69 Å². The minimum Gasteiger partial charge on any atom is -0.352 e. The van der Waals surface area contributed by atoms with Gasteiger partial charge in [0.05, 0.1) is 16.9 Å². The van der Waals surface area contributed by atoms with Crippen molar-refractivity contribution in [3.8, 4) is 0 Å². The molecule has 9 heteroatoms. The molecule has 7 rings (SSSR count). The molecule has 1 fully saturated rings. The first-order chi connectivity index (χ1) is 19.9. The number of carbonyl (C=O) groups is 3. The Hall–Kier alpha value is -5.44. The van der Waals surface area contributed by atoms with Gasteiger partial charge in [-0.05, 0) is 47.5 Å². The SMILES string of the molecule is O=C(c1ccc([N+](=O)[O-])cc1)[C@@H]1[C@H](C(=O)c2ccccn2)[C@@]2(C(=O)Nc3ccccc32)[C@@H]2C=Cc3ccccc3N12. The van der Waals surface area contributed by atoms with Crippen molar-refractivity contribution in [1.29, 1.82) is 0 Å². The summed E-state index contributed by atoms with van der Waals surface area (Å²) in [4.78, 5) is 60.3. The number of non-ortho nitro benzene ring substituents is 1. The number of hydrogen-bond donors (Lipinski definition) is 1. The third-order valence-electron chi connectivity index (χ3n) is 8.37. The number of ketones is 2. The molecule has 0 radical (unpaired) electrons. The molecule has 1 aromatic heterocycles. The zero-order valence-corrected chi connectivity index (χ0v) is 21.5. The molecule has 4 heterocycles. The van der Waals surface area contributed by atoms with E-state index >= 15 is 0 Å². The van der Waals surface area contributed by atoms with Crippen molar-refractivity contribution in [2.75, 3.05) is 10.2 Å². The smallest absolute Gasteiger partial charge is 0.269 e. The van der Waals surface area contributed by atoms with Gasteiger partial charge in [0.15, 0.2) is 11.6 Å². The lowest BCUT2D eigenvalue weighted by molar-refractivity contribution is -0.384. The van der Waals surface area contributed by atoms with Gasteiger partial charge in [-0.2, -0.15) is 0 Å². The van der Waals surface area contributed by atoms with E-state index in [1.54, 1.807) is 24.3 Å². The number of anilines is 2. The number of benzene rings is 3. The number of aromatic nitrogens is 1. The van der Waals surface area contributed by atoms with Crippen LogP contribution < -0.4 is 10.2 Å². The summed E-state index contributed by atoms with van der Waals surface area (Å²) in [5.41, 5.74) is 1.53. The summed E-state index contributed by atoms with van der Waals surface area (Å²) in [5, 5.41) is 14.3. The molecule has 0 saturated carbocycles. The summed E-state index contributed by atoms with van der Waals surface area (Å²) >= 11 is 0. The van der Waals surface area contributed by atoms with Crippen molar-refractivity contribution in [2.45, 2.75) is 17.5 Å². The summed E-state index contributed by atoms with van der Waals surface area (Å²) in [7, 11) is 0. The minimum absolute atomic E-state index is 0.146. The normalized spacial score (nSPS) is 23.5. The van der Waals surface area contributed by atoms with Crippen LogP contribution in [0.15, 0.2) is 103 Å². The van der Waals surface area contributed by atoms with Crippen molar-refractivity contribution in [3.05, 3.63) is 136 Å². The maximum atomic E-state index is 14.6. The largest absolute Gasteiger partial charge is 0.352 e. The standard InChI is InChI=1S/C32H22N4O5/c37-29(20-12-15-21(16-13-20)36(40)41)28-27(30(38)24-10-5-6-18-33-24)32(22-8-2-3-9-23(22)34-31(32)39)26-17-14-19-7-1-4-11-25(19)35(26)28/h1-18,26-28H,(H,34,39)/t26-,27+,28-,32-/m0/s1. The molecule has 0 aliphatic carbocycles. The van der Waals surface area contributed by atoms with E-state index < -0.39 is 39.9 Å². The van der Waals surface area contributed by atoms with E-state index in [0.29, 0.717) is 16.9 Å². The quantitative estimate of drug-likeness (QED) is 0.217. The first-order valence-corrected chi connectivity index (χ1v) is 13.1. The van der Waals surface area contributed by atoms with Crippen molar-refractivity contribution < 1.29 is 19.3 Å². The van der Waals surface area contributed by atoms with Crippen LogP contribution in [0.3, 0.4) is 0 Å². The monoisotopic (exact) mass is 542 g/mol. The molecule has 3 aliphatic rings. The molecule has 3 aromatic carbocycles. The number of hydrogen-bond acceptors (Lipinski definition) is 7. The molecule has 3 aliphatic heterocycles. The van der Waals surface area contributed by atoms with Gasteiger partial charge in [0.2, 0.25) is 5.91 Å². The van der Waals surface area contributed by atoms with Crippen LogP contribution in [0.2, 0.25) is 0 Å². The fourth-order valence-corrected chi connectivity index (χ4v) is 6.71. The molecule has 1 saturated heterocycles. The number of rotatable bonds is 5. The summed E-state index contributed by atoms with van der Waals surface area (Å²) < 4.78 is 0. The number of nitrogens with one attached hydrogen (secondary N) is 1. The zero-order valence-electron chi connectivity index (χ0n) is 21.5. The van der Waals surface area contributed by atoms with Gasteiger partial charge in [-0.15, -0.1) is 0 Å². The minimum atomic E-state index is -1.45. The first-order valence-electron chi connectivity index (χ1n) is 13.1. The van der Waals surface area contributed by atoms with E-state index in [-0.39, 0.29) is 22.9 Å². The second-order valence-corrected chi connectivity index (χ2v) is 10.3. The second-order valence-electron chi connectivity index (χ2n) is 10.3. The number of Topliss-reactive ketones (excluding diaryl/α,β-unsaturated/α-hetero) is 2. The fraction of sp³-hybridized carbons (Fsp3) is 0.125. The summed E-state index contributed by atoms with van der Waals surface area (Å²) in [5.74, 6) is -2.38. The van der Waals surface area contributed by atoms with Crippen LogP contribution in [0.4, 0.5) is 17.1 Å². The van der Waals surface area contributed by atoms with Crippen LogP contribution in [0.25, 0.3) is 6.08 Å². The van der Waals surface area contributed by atoms with E-state index in [9.17, 15) is 24.5 Å². The van der Waals surface area contributed by atoms with Crippen LogP contribution in [-0.2, 0) is 10.2 Å². The Kier molecular flexibility index (Phi) is 5.43. The number of para-hydroxylation sites is 2. The maximum absolute atomic E-state index is 14.6. The Labute approximate surface area is 234 Å². The number of fused-ring (bicyclic) bond motifs is 6. The summed E-state index contributed by atoms with van der Waals surface area (Å²) in [6.45, 7) is 0. The number of nitrogens with zero attached hydrogens (tertiary/aromatic N) is 3. The predicted molar refractivity (Wildman–Crippen MR) is 152 cm³/mol. The summed E-state index contributed by atoms with van der Waals surface area (Å²) in [6, 6.07) is 23.3. The average molecular weight is 543 g/mol. The van der Waals surface area contributed by atoms with Crippen LogP contribution in [0.5, 0.6) is 0 Å². The Morgan fingerprint density at radius 2 is 1.63 bits per heavy atom. The van der Waals surface area contributed by atoms with Crippen molar-refractivity contribution >= 4 is 40.6 Å². The van der Waals surface area contributed by atoms with Gasteiger partial charge in [-0.3, -0.25) is 29.5 Å². The van der Waals surface area contributed by atoms with E-state index in [1.807, 2.05) is 59.5 Å². The molecule has 1 spiro atoms. The lowest BCUT2D eigenvalue weighted by atomic mass is 9.64. The molecule has 41 heavy (non-hydrogen) atoms. The highest BCUT2D eigenvalue weighted by molar-refractivity contribution is 6.18. The maximum Gasteiger partial charge on any atom is 0.269 e. The average Bonchev–Trinajstić information content (AvgIpc) is 3.49. The van der Waals surface area contributed by atoms with Gasteiger partial charge in [0.1, 0.15) is 17.2 Å². The molecular formula is C32H22N4O5. The van der Waals surface area contributed by atoms with Crippen LogP contribution in [-0.4, -0.2) is 39.5 Å². The van der Waals surface area contributed by atoms with E-state index in [2.05, 4.69) is 10.3 Å². The lowest BCUT2D eigenvalue weighted by Gasteiger charge is -2.37. The van der Waals surface area contributed by atoms with Crippen molar-refractivity contribution in [2.24, 2.45) is 5.92 Å². The van der Waals surface area contributed by atoms with Gasteiger partial charge in [-0.25, -0.2) is 0 Å². The number of pyridine rings is 1. The van der Waals surface area contributed by atoms with Crippen LogP contribution >= 0.6 is 0 Å². The van der Waals surface area contributed by atoms with E-state index in [0.717, 1.165) is 5.56 Å². The number of amides is 1. The Bertz CT molecular complexity index is 1790. The molecule has 0 bridgehead atoms. The Balaban J connectivity index is 1.51. The van der Waals surface area contributed by atoms with E-state index in [4.69, 9.17) is 0 Å². The molecule has 1 N–H and O–H groups in total. The molecule has 200 valence electrons. The first kappa shape index (κ1) is 24.6. The molecule has 0 unspecified atom stereocenters. The highest BCUT2D eigenvalue weighted by atomic mass is 16.6. The van der Waals surface area contributed by atoms with Crippen LogP contribution in [0.1, 0.15) is 32.0 Å². The van der Waals surface area contributed by atoms with Crippen molar-refractivity contribution in [1.82, 2.24) is 4.98 Å². The molecular weight excluding hydrogens is 520 g/mol. The third-order valence-corrected chi connectivity index (χ3v) is 8.37. The second kappa shape index (κ2) is 9.06. The lowest BCUT2D eigenvalue weighted by Crippen LogP contribution is -2.51. The Morgan fingerprint density at radius 3 is 2.39 bits per heavy atom. The fourth-order valence-electron chi connectivity index (χ4n) is 6.71. The highest BCUT2D eigenvalue weighted by Crippen LogP contribution is 2.58. The van der Waals surface area contributed by atoms with Crippen molar-refractivity contribution in [3.63, 3.8) is 0 Å². The van der Waals surface area contributed by atoms with Gasteiger partial charge < -0.3 is 10.2 Å². The van der Waals surface area contributed by atoms with Gasteiger partial charge in [-0.1, -0.05) is 54.6 Å². The van der Waals surface area contributed by atoms with E-state index in [1.165, 1.54) is 30.5 Å². The number of carbonyl (C=O) groups excluding carboxylic acids is 3. The number of nitro benzene ring substituents is 1.